The molecule has 26 heavy (non-hydrogen) atoms. The first-order chi connectivity index (χ1) is 12.6. The van der Waals surface area contributed by atoms with Crippen molar-refractivity contribution < 1.29 is 8.42 Å². The van der Waals surface area contributed by atoms with Gasteiger partial charge in [0.2, 0.25) is 0 Å². The predicted molar refractivity (Wildman–Crippen MR) is 104 cm³/mol. The lowest BCUT2D eigenvalue weighted by atomic mass is 9.99. The highest BCUT2D eigenvalue weighted by Gasteiger charge is 2.30. The molecule has 0 spiro atoms. The minimum atomic E-state index is -3.66. The molecule has 4 rings (SSSR count). The van der Waals surface area contributed by atoms with Gasteiger partial charge in [-0.2, -0.15) is 0 Å². The number of sulfonamides is 1. The Kier molecular flexibility index (Phi) is 4.09. The molecule has 0 radical (unpaired) electrons. The van der Waals surface area contributed by atoms with Crippen molar-refractivity contribution in [2.45, 2.75) is 11.8 Å². The number of pyridine rings is 1. The first kappa shape index (κ1) is 16.5. The highest BCUT2D eigenvalue weighted by atomic mass is 32.2. The molecule has 0 unspecified atom stereocenters. The molecule has 2 aromatic carbocycles. The normalized spacial score (nSPS) is 13.9. The van der Waals surface area contributed by atoms with E-state index >= 15 is 0 Å². The average Bonchev–Trinajstić information content (AvgIpc) is 2.68. The van der Waals surface area contributed by atoms with Gasteiger partial charge in [-0.15, -0.1) is 0 Å². The maximum absolute atomic E-state index is 13.3. The van der Waals surface area contributed by atoms with Crippen LogP contribution >= 0.6 is 0 Å². The van der Waals surface area contributed by atoms with E-state index in [0.29, 0.717) is 10.6 Å². The number of aryl methyl sites for hydroxylation is 1. The van der Waals surface area contributed by atoms with Gasteiger partial charge >= 0.3 is 0 Å². The summed E-state index contributed by atoms with van der Waals surface area (Å²) in [4.78, 5) is 4.35. The van der Waals surface area contributed by atoms with E-state index in [9.17, 15) is 8.42 Å². The van der Waals surface area contributed by atoms with E-state index in [-0.39, 0.29) is 6.54 Å². The highest BCUT2D eigenvalue weighted by Crippen LogP contribution is 2.36. The second-order valence-corrected chi connectivity index (χ2v) is 8.15. The van der Waals surface area contributed by atoms with E-state index < -0.39 is 10.0 Å². The number of hydrogen-bond donors (Lipinski definition) is 0. The van der Waals surface area contributed by atoms with Gasteiger partial charge in [-0.1, -0.05) is 35.9 Å². The molecule has 1 aliphatic rings. The predicted octanol–water partition coefficient (Wildman–Crippen LogP) is 4.14. The minimum absolute atomic E-state index is 0.289. The molecule has 0 bridgehead atoms. The lowest BCUT2D eigenvalue weighted by Crippen LogP contribution is -2.34. The quantitative estimate of drug-likeness (QED) is 0.704. The number of benzene rings is 2. The monoisotopic (exact) mass is 362 g/mol. The van der Waals surface area contributed by atoms with Crippen molar-refractivity contribution in [1.82, 2.24) is 4.98 Å². The lowest BCUT2D eigenvalue weighted by molar-refractivity contribution is 0.593. The Hall–Kier alpha value is -2.92. The van der Waals surface area contributed by atoms with E-state index in [2.05, 4.69) is 4.98 Å². The molecule has 130 valence electrons. The number of rotatable bonds is 3. The van der Waals surface area contributed by atoms with Gasteiger partial charge in [0.1, 0.15) is 0 Å². The first-order valence-electron chi connectivity index (χ1n) is 8.35. The van der Waals surface area contributed by atoms with Gasteiger partial charge in [0, 0.05) is 12.4 Å². The zero-order valence-corrected chi connectivity index (χ0v) is 15.1. The molecule has 0 atom stereocenters. The lowest BCUT2D eigenvalue weighted by Gasteiger charge is -2.30. The summed E-state index contributed by atoms with van der Waals surface area (Å²) in [5.41, 5.74) is 4.54. The summed E-state index contributed by atoms with van der Waals surface area (Å²) < 4.78 is 28.1. The van der Waals surface area contributed by atoms with Gasteiger partial charge in [0.25, 0.3) is 10.0 Å². The van der Waals surface area contributed by atoms with Crippen LogP contribution in [0.4, 0.5) is 5.69 Å². The molecular formula is C21H18N2O2S. The molecule has 3 aromatic rings. The molecule has 0 N–H and O–H groups in total. The maximum atomic E-state index is 13.3. The molecule has 4 nitrogen and oxygen atoms in total. The van der Waals surface area contributed by atoms with E-state index in [4.69, 9.17) is 0 Å². The summed E-state index contributed by atoms with van der Waals surface area (Å²) in [6.07, 6.45) is 5.48. The molecule has 0 saturated heterocycles. The Morgan fingerprint density at radius 1 is 0.923 bits per heavy atom. The van der Waals surface area contributed by atoms with Crippen molar-refractivity contribution in [3.8, 4) is 0 Å². The second kappa shape index (κ2) is 6.42. The molecule has 5 heteroatoms. The fourth-order valence-electron chi connectivity index (χ4n) is 3.10. The Balaban J connectivity index is 1.84. The summed E-state index contributed by atoms with van der Waals surface area (Å²) in [5.74, 6) is 0. The third-order valence-electron chi connectivity index (χ3n) is 4.51. The van der Waals surface area contributed by atoms with Crippen LogP contribution in [-0.2, 0) is 10.0 Å². The Bertz CT molecular complexity index is 1070. The van der Waals surface area contributed by atoms with Crippen molar-refractivity contribution >= 4 is 27.4 Å². The number of aromatic nitrogens is 1. The fourth-order valence-corrected chi connectivity index (χ4v) is 4.57. The minimum Gasteiger partial charge on any atom is -0.265 e. The number of fused-ring (bicyclic) bond motifs is 1. The number of hydrogen-bond acceptors (Lipinski definition) is 3. The topological polar surface area (TPSA) is 50.3 Å². The third kappa shape index (κ3) is 2.91. The SMILES string of the molecule is Cc1ccc(S(=O)(=O)N2CC(c3ccncc3)=Cc3ccccc32)cc1. The van der Waals surface area contributed by atoms with Gasteiger partial charge in [-0.3, -0.25) is 9.29 Å². The Labute approximate surface area is 153 Å². The third-order valence-corrected chi connectivity index (χ3v) is 6.28. The van der Waals surface area contributed by atoms with Crippen molar-refractivity contribution in [3.05, 3.63) is 89.7 Å². The molecule has 1 aromatic heterocycles. The Morgan fingerprint density at radius 2 is 1.62 bits per heavy atom. The van der Waals surface area contributed by atoms with Crippen molar-refractivity contribution in [1.29, 1.82) is 0 Å². The molecule has 0 amide bonds. The standard InChI is InChI=1S/C21H18N2O2S/c1-16-6-8-20(9-7-16)26(24,25)23-15-19(17-10-12-22-13-11-17)14-18-4-2-3-5-21(18)23/h2-14H,15H2,1H3. The maximum Gasteiger partial charge on any atom is 0.264 e. The van der Waals surface area contributed by atoms with Crippen molar-refractivity contribution in [2.24, 2.45) is 0 Å². The molecule has 0 aliphatic carbocycles. The van der Waals surface area contributed by atoms with E-state index in [1.54, 1.807) is 24.5 Å². The highest BCUT2D eigenvalue weighted by molar-refractivity contribution is 7.92. The Morgan fingerprint density at radius 3 is 2.35 bits per heavy atom. The average molecular weight is 362 g/mol. The summed E-state index contributed by atoms with van der Waals surface area (Å²) >= 11 is 0. The van der Waals surface area contributed by atoms with Gasteiger partial charge in [-0.05, 0) is 60.0 Å². The van der Waals surface area contributed by atoms with Crippen LogP contribution in [0.3, 0.4) is 0 Å². The van der Waals surface area contributed by atoms with Crippen LogP contribution in [0.25, 0.3) is 11.6 Å². The van der Waals surface area contributed by atoms with Crippen LogP contribution in [0.1, 0.15) is 16.7 Å². The largest absolute Gasteiger partial charge is 0.265 e. The van der Waals surface area contributed by atoms with Crippen molar-refractivity contribution in [3.63, 3.8) is 0 Å². The van der Waals surface area contributed by atoms with Crippen LogP contribution in [0.5, 0.6) is 0 Å². The molecule has 2 heterocycles. The van der Waals surface area contributed by atoms with E-state index in [1.165, 1.54) is 4.31 Å². The van der Waals surface area contributed by atoms with Crippen LogP contribution in [0, 0.1) is 6.92 Å². The van der Waals surface area contributed by atoms with Gasteiger partial charge in [0.05, 0.1) is 17.1 Å². The van der Waals surface area contributed by atoms with Gasteiger partial charge < -0.3 is 0 Å². The smallest absolute Gasteiger partial charge is 0.264 e. The van der Waals surface area contributed by atoms with E-state index in [1.807, 2.05) is 61.5 Å². The van der Waals surface area contributed by atoms with Gasteiger partial charge in [-0.25, -0.2) is 8.42 Å². The van der Waals surface area contributed by atoms with Crippen LogP contribution in [0.15, 0.2) is 78.0 Å². The van der Waals surface area contributed by atoms with Crippen LogP contribution in [0.2, 0.25) is 0 Å². The van der Waals surface area contributed by atoms with E-state index in [0.717, 1.165) is 22.3 Å². The second-order valence-electron chi connectivity index (χ2n) is 6.29. The summed E-state index contributed by atoms with van der Waals surface area (Å²) in [6, 6.07) is 18.3. The van der Waals surface area contributed by atoms with Crippen LogP contribution in [-0.4, -0.2) is 19.9 Å². The number of anilines is 1. The zero-order valence-electron chi connectivity index (χ0n) is 14.3. The number of para-hydroxylation sites is 1. The molecule has 1 aliphatic heterocycles. The molecular weight excluding hydrogens is 344 g/mol. The summed E-state index contributed by atoms with van der Waals surface area (Å²) in [7, 11) is -3.66. The number of nitrogens with zero attached hydrogens (tertiary/aromatic N) is 2. The molecule has 0 saturated carbocycles. The molecule has 0 fully saturated rings. The fraction of sp³-hybridized carbons (Fsp3) is 0.0952. The summed E-state index contributed by atoms with van der Waals surface area (Å²) in [5, 5.41) is 0. The first-order valence-corrected chi connectivity index (χ1v) is 9.79. The van der Waals surface area contributed by atoms with Crippen molar-refractivity contribution in [2.75, 3.05) is 10.8 Å². The zero-order chi connectivity index (χ0) is 18.1. The van der Waals surface area contributed by atoms with Crippen LogP contribution < -0.4 is 4.31 Å². The summed E-state index contributed by atoms with van der Waals surface area (Å²) in [6.45, 7) is 2.23. The van der Waals surface area contributed by atoms with Gasteiger partial charge in [0.15, 0.2) is 0 Å².